The van der Waals surface area contributed by atoms with Gasteiger partial charge in [-0.1, -0.05) is 0 Å². The van der Waals surface area contributed by atoms with E-state index in [1.54, 1.807) is 12.3 Å². The van der Waals surface area contributed by atoms with Crippen molar-refractivity contribution in [2.75, 3.05) is 0 Å². The van der Waals surface area contributed by atoms with Gasteiger partial charge in [0.15, 0.2) is 11.5 Å². The van der Waals surface area contributed by atoms with Crippen LogP contribution < -0.4 is 56.5 Å². The number of nitrogens with zero attached hydrogens (tertiary/aromatic N) is 3. The van der Waals surface area contributed by atoms with Crippen LogP contribution in [0.15, 0.2) is 24.7 Å². The summed E-state index contributed by atoms with van der Waals surface area (Å²) in [6, 6.07) is 3.14. The molecule has 0 aliphatic rings. The average molecular weight is 284 g/mol. The summed E-state index contributed by atoms with van der Waals surface area (Å²) < 4.78 is 0. The molecule has 3 rings (SSSR count). The summed E-state index contributed by atoms with van der Waals surface area (Å²) in [6.45, 7) is 0. The Bertz CT molecular complexity index is 709. The standard InChI is InChI=1S/C10H6N4O2S.K/c15-10(16)7-2-1-6(17-7)9-11-3-5-8(14-9)13-4-12-5;/h1-4H,(H,15,16)(H,11,12,13,14);/q;+1/p-1. The first kappa shape index (κ1) is 13.8. The molecule has 84 valence electrons. The van der Waals surface area contributed by atoms with Crippen molar-refractivity contribution in [2.24, 2.45) is 0 Å². The zero-order valence-electron chi connectivity index (χ0n) is 9.38. The van der Waals surface area contributed by atoms with E-state index >= 15 is 0 Å². The largest absolute Gasteiger partial charge is 1.00 e. The molecule has 0 aliphatic heterocycles. The fourth-order valence-electron chi connectivity index (χ4n) is 1.42. The van der Waals surface area contributed by atoms with Crippen molar-refractivity contribution in [1.82, 2.24) is 19.9 Å². The van der Waals surface area contributed by atoms with Crippen LogP contribution in [0.25, 0.3) is 21.9 Å². The molecule has 0 amide bonds. The van der Waals surface area contributed by atoms with Crippen LogP contribution in [0.5, 0.6) is 0 Å². The van der Waals surface area contributed by atoms with Gasteiger partial charge in [0.1, 0.15) is 5.52 Å². The number of H-pyrrole nitrogens is 1. The summed E-state index contributed by atoms with van der Waals surface area (Å²) in [5, 5.41) is 10.7. The number of thiophene rings is 1. The predicted molar refractivity (Wildman–Crippen MR) is 59.3 cm³/mol. The summed E-state index contributed by atoms with van der Waals surface area (Å²) in [5.41, 5.74) is 1.30. The van der Waals surface area contributed by atoms with Gasteiger partial charge in [0.2, 0.25) is 0 Å². The molecular formula is C10H5KN4O2S. The maximum absolute atomic E-state index is 10.7. The molecule has 0 spiro atoms. The van der Waals surface area contributed by atoms with Crippen molar-refractivity contribution in [3.05, 3.63) is 29.5 Å². The number of fused-ring (bicyclic) bond motifs is 1. The third kappa shape index (κ3) is 2.53. The van der Waals surface area contributed by atoms with Gasteiger partial charge in [0.05, 0.1) is 28.2 Å². The summed E-state index contributed by atoms with van der Waals surface area (Å²) in [6.07, 6.45) is 3.15. The molecule has 0 fully saturated rings. The molecule has 0 radical (unpaired) electrons. The van der Waals surface area contributed by atoms with Gasteiger partial charge in [0.25, 0.3) is 0 Å². The number of carbonyl (C=O) groups is 1. The van der Waals surface area contributed by atoms with E-state index in [0.29, 0.717) is 16.3 Å². The summed E-state index contributed by atoms with van der Waals surface area (Å²) >= 11 is 1.08. The molecule has 0 aliphatic carbocycles. The van der Waals surface area contributed by atoms with E-state index in [4.69, 9.17) is 0 Å². The van der Waals surface area contributed by atoms with Crippen molar-refractivity contribution < 1.29 is 61.3 Å². The number of aromatic carboxylic acids is 1. The Hall–Kier alpha value is -0.644. The number of carboxylic acid groups (broad SMARTS) is 1. The molecule has 8 heteroatoms. The van der Waals surface area contributed by atoms with E-state index in [9.17, 15) is 9.90 Å². The second-order valence-corrected chi connectivity index (χ2v) is 4.37. The maximum Gasteiger partial charge on any atom is 1.00 e. The van der Waals surface area contributed by atoms with E-state index in [2.05, 4.69) is 19.9 Å². The first-order valence-electron chi connectivity index (χ1n) is 4.72. The third-order valence-corrected chi connectivity index (χ3v) is 3.26. The van der Waals surface area contributed by atoms with Gasteiger partial charge >= 0.3 is 51.4 Å². The van der Waals surface area contributed by atoms with Gasteiger partial charge in [0, 0.05) is 0 Å². The fraction of sp³-hybridized carbons (Fsp3) is 0. The summed E-state index contributed by atoms with van der Waals surface area (Å²) in [5.74, 6) is -0.732. The molecule has 3 aromatic rings. The van der Waals surface area contributed by atoms with E-state index in [0.717, 1.165) is 16.9 Å². The van der Waals surface area contributed by atoms with E-state index < -0.39 is 5.97 Å². The normalized spacial score (nSPS) is 10.2. The number of rotatable bonds is 2. The molecule has 3 heterocycles. The van der Waals surface area contributed by atoms with Crippen LogP contribution in [0.4, 0.5) is 0 Å². The molecule has 18 heavy (non-hydrogen) atoms. The number of carboxylic acids is 1. The van der Waals surface area contributed by atoms with Gasteiger partial charge < -0.3 is 14.9 Å². The second kappa shape index (κ2) is 5.55. The second-order valence-electron chi connectivity index (χ2n) is 3.28. The SMILES string of the molecule is O=C([O-])c1ccc(-c2ncc3[nH]cnc3n2)s1.[K+]. The van der Waals surface area contributed by atoms with Crippen molar-refractivity contribution in [2.45, 2.75) is 0 Å². The number of nitrogens with one attached hydrogen (secondary N) is 1. The molecule has 0 atom stereocenters. The number of aromatic nitrogens is 4. The smallest absolute Gasteiger partial charge is 0.544 e. The topological polar surface area (TPSA) is 94.6 Å². The number of imidazole rings is 1. The average Bonchev–Trinajstić information content (AvgIpc) is 2.97. The molecule has 0 unspecified atom stereocenters. The van der Waals surface area contributed by atoms with Crippen LogP contribution in [0.1, 0.15) is 9.67 Å². The van der Waals surface area contributed by atoms with Gasteiger partial charge in [-0.05, 0) is 12.1 Å². The number of hydrogen-bond donors (Lipinski definition) is 1. The van der Waals surface area contributed by atoms with E-state index in [1.807, 2.05) is 0 Å². The van der Waals surface area contributed by atoms with Crippen molar-refractivity contribution in [3.8, 4) is 10.7 Å². The number of aromatic amines is 1. The van der Waals surface area contributed by atoms with Crippen LogP contribution in [0.2, 0.25) is 0 Å². The quantitative estimate of drug-likeness (QED) is 0.523. The van der Waals surface area contributed by atoms with Gasteiger partial charge in [-0.3, -0.25) is 0 Å². The van der Waals surface area contributed by atoms with E-state index in [1.165, 1.54) is 12.4 Å². The van der Waals surface area contributed by atoms with Gasteiger partial charge in [-0.25, -0.2) is 15.0 Å². The molecule has 6 nitrogen and oxygen atoms in total. The van der Waals surface area contributed by atoms with Crippen LogP contribution in [0, 0.1) is 0 Å². The first-order valence-corrected chi connectivity index (χ1v) is 5.53. The molecule has 1 N–H and O–H groups in total. The molecular weight excluding hydrogens is 279 g/mol. The Morgan fingerprint density at radius 3 is 2.89 bits per heavy atom. The van der Waals surface area contributed by atoms with Crippen molar-refractivity contribution in [1.29, 1.82) is 0 Å². The third-order valence-electron chi connectivity index (χ3n) is 2.20. The number of carbonyl (C=O) groups excluding carboxylic acids is 1. The first-order chi connectivity index (χ1) is 8.24. The van der Waals surface area contributed by atoms with Crippen LogP contribution >= 0.6 is 11.3 Å². The molecule has 3 aromatic heterocycles. The minimum Gasteiger partial charge on any atom is -0.544 e. The fourth-order valence-corrected chi connectivity index (χ4v) is 2.20. The van der Waals surface area contributed by atoms with Crippen molar-refractivity contribution in [3.63, 3.8) is 0 Å². The van der Waals surface area contributed by atoms with Crippen LogP contribution in [0.3, 0.4) is 0 Å². The Kier molecular flexibility index (Phi) is 4.25. The van der Waals surface area contributed by atoms with Crippen molar-refractivity contribution >= 4 is 28.5 Å². The minimum atomic E-state index is -1.19. The van der Waals surface area contributed by atoms with Gasteiger partial charge in [-0.15, -0.1) is 11.3 Å². The molecule has 0 bridgehead atoms. The van der Waals surface area contributed by atoms with Gasteiger partial charge in [-0.2, -0.15) is 0 Å². The number of hydrogen-bond acceptors (Lipinski definition) is 6. The Morgan fingerprint density at radius 2 is 2.17 bits per heavy atom. The molecule has 0 aromatic carbocycles. The Morgan fingerprint density at radius 1 is 1.33 bits per heavy atom. The minimum absolute atomic E-state index is 0. The predicted octanol–water partition coefficient (Wildman–Crippen LogP) is -2.55. The zero-order chi connectivity index (χ0) is 11.8. The molecule has 0 saturated carbocycles. The van der Waals surface area contributed by atoms with Crippen LogP contribution in [-0.2, 0) is 0 Å². The monoisotopic (exact) mass is 284 g/mol. The maximum atomic E-state index is 10.7. The van der Waals surface area contributed by atoms with E-state index in [-0.39, 0.29) is 56.3 Å². The Labute approximate surface area is 148 Å². The Balaban J connectivity index is 0.00000120. The zero-order valence-corrected chi connectivity index (χ0v) is 13.3. The summed E-state index contributed by atoms with van der Waals surface area (Å²) in [7, 11) is 0. The van der Waals surface area contributed by atoms with Crippen LogP contribution in [-0.4, -0.2) is 25.9 Å². The molecule has 0 saturated heterocycles. The summed E-state index contributed by atoms with van der Waals surface area (Å²) in [4.78, 5) is 26.8.